The van der Waals surface area contributed by atoms with E-state index >= 15 is 0 Å². The zero-order valence-corrected chi connectivity index (χ0v) is 10.2. The normalized spacial score (nSPS) is 21.6. The van der Waals surface area contributed by atoms with Crippen LogP contribution in [0.25, 0.3) is 0 Å². The Morgan fingerprint density at radius 1 is 1.50 bits per heavy atom. The number of nitrogens with zero attached hydrogens (tertiary/aromatic N) is 2. The molecule has 1 atom stereocenters. The van der Waals surface area contributed by atoms with Crippen molar-refractivity contribution >= 4 is 9.84 Å². The fourth-order valence-corrected chi connectivity index (χ4v) is 3.82. The van der Waals surface area contributed by atoms with Crippen LogP contribution in [0.5, 0.6) is 0 Å². The van der Waals surface area contributed by atoms with Gasteiger partial charge in [0, 0.05) is 12.7 Å². The first-order chi connectivity index (χ1) is 8.44. The van der Waals surface area contributed by atoms with E-state index in [9.17, 15) is 18.0 Å². The van der Waals surface area contributed by atoms with E-state index in [1.54, 1.807) is 6.07 Å². The highest BCUT2D eigenvalue weighted by molar-refractivity contribution is 7.92. The largest absolute Gasteiger partial charge is 0.328 e. The van der Waals surface area contributed by atoms with Gasteiger partial charge in [0.05, 0.1) is 11.0 Å². The molecule has 0 spiro atoms. The summed E-state index contributed by atoms with van der Waals surface area (Å²) < 4.78 is 24.4. The van der Waals surface area contributed by atoms with Crippen molar-refractivity contribution in [3.05, 3.63) is 32.6 Å². The van der Waals surface area contributed by atoms with Gasteiger partial charge in [0.2, 0.25) is 0 Å². The summed E-state index contributed by atoms with van der Waals surface area (Å²) in [5, 5.41) is 8.08. The Kier molecular flexibility index (Phi) is 3.09. The SMILES string of the molecule is N#Cc1cn(CC2CCCS2(=O)=O)c(=O)[nH]c1=O. The van der Waals surface area contributed by atoms with Gasteiger partial charge in [-0.2, -0.15) is 5.26 Å². The second kappa shape index (κ2) is 4.42. The Balaban J connectivity index is 2.39. The van der Waals surface area contributed by atoms with Gasteiger partial charge < -0.3 is 0 Å². The van der Waals surface area contributed by atoms with Crippen molar-refractivity contribution < 1.29 is 8.42 Å². The van der Waals surface area contributed by atoms with Gasteiger partial charge in [0.15, 0.2) is 9.84 Å². The first-order valence-electron chi connectivity index (χ1n) is 5.39. The van der Waals surface area contributed by atoms with Gasteiger partial charge in [0.1, 0.15) is 11.6 Å². The molecule has 1 fully saturated rings. The van der Waals surface area contributed by atoms with E-state index in [1.807, 2.05) is 4.98 Å². The smallest absolute Gasteiger partial charge is 0.298 e. The monoisotopic (exact) mass is 269 g/mol. The summed E-state index contributed by atoms with van der Waals surface area (Å²) in [6.07, 6.45) is 2.18. The van der Waals surface area contributed by atoms with Crippen molar-refractivity contribution in [1.82, 2.24) is 9.55 Å². The van der Waals surface area contributed by atoms with Gasteiger partial charge in [-0.15, -0.1) is 0 Å². The molecule has 0 amide bonds. The molecule has 7 nitrogen and oxygen atoms in total. The Bertz CT molecular complexity index is 723. The Morgan fingerprint density at radius 2 is 2.22 bits per heavy atom. The number of H-pyrrole nitrogens is 1. The summed E-state index contributed by atoms with van der Waals surface area (Å²) in [4.78, 5) is 24.7. The summed E-state index contributed by atoms with van der Waals surface area (Å²) >= 11 is 0. The van der Waals surface area contributed by atoms with Crippen LogP contribution < -0.4 is 11.2 Å². The molecule has 1 unspecified atom stereocenters. The van der Waals surface area contributed by atoms with Crippen molar-refractivity contribution in [2.45, 2.75) is 24.6 Å². The Morgan fingerprint density at radius 3 is 2.78 bits per heavy atom. The van der Waals surface area contributed by atoms with Crippen LogP contribution in [0.3, 0.4) is 0 Å². The van der Waals surface area contributed by atoms with E-state index in [0.717, 1.165) is 10.8 Å². The molecule has 0 bridgehead atoms. The van der Waals surface area contributed by atoms with Crippen LogP contribution in [-0.2, 0) is 16.4 Å². The molecule has 2 heterocycles. The maximum atomic E-state index is 11.6. The highest BCUT2D eigenvalue weighted by atomic mass is 32.2. The van der Waals surface area contributed by atoms with Crippen molar-refractivity contribution in [3.8, 4) is 6.07 Å². The molecule has 1 aliphatic heterocycles. The predicted octanol–water partition coefficient (Wildman–Crippen LogP) is -1.01. The third kappa shape index (κ3) is 2.22. The lowest BCUT2D eigenvalue weighted by molar-refractivity contribution is 0.554. The van der Waals surface area contributed by atoms with Gasteiger partial charge >= 0.3 is 5.69 Å². The third-order valence-corrected chi connectivity index (χ3v) is 5.25. The molecule has 1 N–H and O–H groups in total. The van der Waals surface area contributed by atoms with E-state index < -0.39 is 26.3 Å². The van der Waals surface area contributed by atoms with Gasteiger partial charge in [-0.25, -0.2) is 13.2 Å². The standard InChI is InChI=1S/C10H11N3O4S/c11-4-7-5-13(10(15)12-9(7)14)6-8-2-1-3-18(8,16)17/h5,8H,1-3,6H2,(H,12,14,15). The second-order valence-corrected chi connectivity index (χ2v) is 6.60. The molecule has 0 saturated carbocycles. The van der Waals surface area contributed by atoms with E-state index in [-0.39, 0.29) is 17.9 Å². The van der Waals surface area contributed by atoms with Crippen molar-refractivity contribution in [1.29, 1.82) is 5.26 Å². The van der Waals surface area contributed by atoms with Crippen molar-refractivity contribution in [3.63, 3.8) is 0 Å². The molecular weight excluding hydrogens is 258 g/mol. The number of aromatic nitrogens is 2. The minimum atomic E-state index is -3.17. The zero-order valence-electron chi connectivity index (χ0n) is 9.42. The Labute approximate surface area is 103 Å². The minimum Gasteiger partial charge on any atom is -0.298 e. The average Bonchev–Trinajstić information content (AvgIpc) is 2.62. The first-order valence-corrected chi connectivity index (χ1v) is 7.11. The molecule has 96 valence electrons. The lowest BCUT2D eigenvalue weighted by Gasteiger charge is -2.11. The van der Waals surface area contributed by atoms with Crippen LogP contribution in [0.2, 0.25) is 0 Å². The fraction of sp³-hybridized carbons (Fsp3) is 0.500. The molecule has 0 aliphatic carbocycles. The number of hydrogen-bond donors (Lipinski definition) is 1. The molecule has 1 aliphatic rings. The highest BCUT2D eigenvalue weighted by Gasteiger charge is 2.31. The summed E-state index contributed by atoms with van der Waals surface area (Å²) in [6, 6.07) is 1.66. The quantitative estimate of drug-likeness (QED) is 0.738. The molecule has 8 heteroatoms. The molecule has 1 aromatic rings. The van der Waals surface area contributed by atoms with E-state index in [2.05, 4.69) is 0 Å². The van der Waals surface area contributed by atoms with Gasteiger partial charge in [-0.1, -0.05) is 0 Å². The Hall–Kier alpha value is -1.88. The summed E-state index contributed by atoms with van der Waals surface area (Å²) in [7, 11) is -3.17. The summed E-state index contributed by atoms with van der Waals surface area (Å²) in [5.74, 6) is 0.126. The van der Waals surface area contributed by atoms with Crippen LogP contribution in [0, 0.1) is 11.3 Å². The number of sulfone groups is 1. The molecule has 0 radical (unpaired) electrons. The number of aromatic amines is 1. The first kappa shape index (κ1) is 12.6. The zero-order chi connectivity index (χ0) is 13.3. The number of nitrogens with one attached hydrogen (secondary N) is 1. The van der Waals surface area contributed by atoms with E-state index in [4.69, 9.17) is 5.26 Å². The average molecular weight is 269 g/mol. The molecule has 1 aromatic heterocycles. The topological polar surface area (TPSA) is 113 Å². The number of hydrogen-bond acceptors (Lipinski definition) is 5. The van der Waals surface area contributed by atoms with Crippen LogP contribution in [0.15, 0.2) is 15.8 Å². The lowest BCUT2D eigenvalue weighted by Crippen LogP contribution is -2.35. The minimum absolute atomic E-state index is 0.0212. The van der Waals surface area contributed by atoms with Gasteiger partial charge in [-0.05, 0) is 12.8 Å². The van der Waals surface area contributed by atoms with Crippen LogP contribution in [-0.4, -0.2) is 29.0 Å². The molecule has 2 rings (SSSR count). The summed E-state index contributed by atoms with van der Waals surface area (Å²) in [6.45, 7) is -0.0212. The highest BCUT2D eigenvalue weighted by Crippen LogP contribution is 2.20. The lowest BCUT2D eigenvalue weighted by atomic mass is 10.2. The third-order valence-electron chi connectivity index (χ3n) is 2.99. The van der Waals surface area contributed by atoms with Gasteiger partial charge in [-0.3, -0.25) is 14.3 Å². The molecule has 0 aromatic carbocycles. The molecular formula is C10H11N3O4S. The van der Waals surface area contributed by atoms with Gasteiger partial charge in [0.25, 0.3) is 5.56 Å². The maximum Gasteiger partial charge on any atom is 0.328 e. The predicted molar refractivity (Wildman–Crippen MR) is 62.8 cm³/mol. The van der Waals surface area contributed by atoms with Crippen LogP contribution in [0.4, 0.5) is 0 Å². The van der Waals surface area contributed by atoms with Crippen molar-refractivity contribution in [2.75, 3.05) is 5.75 Å². The molecule has 18 heavy (non-hydrogen) atoms. The van der Waals surface area contributed by atoms with Crippen LogP contribution in [0.1, 0.15) is 18.4 Å². The maximum absolute atomic E-state index is 11.6. The van der Waals surface area contributed by atoms with E-state index in [1.165, 1.54) is 0 Å². The van der Waals surface area contributed by atoms with Crippen molar-refractivity contribution in [2.24, 2.45) is 0 Å². The number of nitriles is 1. The second-order valence-electron chi connectivity index (χ2n) is 4.20. The van der Waals surface area contributed by atoms with Crippen LogP contribution >= 0.6 is 0 Å². The number of rotatable bonds is 2. The summed E-state index contributed by atoms with van der Waals surface area (Å²) in [5.41, 5.74) is -1.65. The molecule has 1 saturated heterocycles. The fourth-order valence-electron chi connectivity index (χ4n) is 2.01. The van der Waals surface area contributed by atoms with E-state index in [0.29, 0.717) is 12.8 Å².